The zero-order valence-electron chi connectivity index (χ0n) is 11.5. The number of amides is 1. The topological polar surface area (TPSA) is 93.8 Å². The standard InChI is InChI=1S/C14H13F2N5O/c15-12(16)8-3-10(11(18-4-8)14(22)21-17)9-5-19-13(20-6-9)7-1-2-7/h3-7,12H,1-2,17H2,(H,21,22). The lowest BCUT2D eigenvalue weighted by Gasteiger charge is -2.10. The molecule has 8 heteroatoms. The van der Waals surface area contributed by atoms with Gasteiger partial charge in [0.15, 0.2) is 0 Å². The highest BCUT2D eigenvalue weighted by Crippen LogP contribution is 2.38. The summed E-state index contributed by atoms with van der Waals surface area (Å²) in [5.74, 6) is 5.55. The van der Waals surface area contributed by atoms with Gasteiger partial charge in [-0.2, -0.15) is 0 Å². The summed E-state index contributed by atoms with van der Waals surface area (Å²) in [6.07, 6.45) is 3.41. The van der Waals surface area contributed by atoms with Crippen LogP contribution in [0.1, 0.15) is 47.1 Å². The quantitative estimate of drug-likeness (QED) is 0.511. The largest absolute Gasteiger partial charge is 0.289 e. The van der Waals surface area contributed by atoms with Gasteiger partial charge in [0.2, 0.25) is 0 Å². The van der Waals surface area contributed by atoms with E-state index in [1.165, 1.54) is 18.5 Å². The highest BCUT2D eigenvalue weighted by atomic mass is 19.3. The minimum Gasteiger partial charge on any atom is -0.289 e. The Kier molecular flexibility index (Phi) is 3.76. The van der Waals surface area contributed by atoms with Crippen LogP contribution in [0.25, 0.3) is 11.1 Å². The Labute approximate surface area is 124 Å². The summed E-state index contributed by atoms with van der Waals surface area (Å²) in [5, 5.41) is 0. The van der Waals surface area contributed by atoms with Crippen molar-refractivity contribution in [1.29, 1.82) is 0 Å². The van der Waals surface area contributed by atoms with E-state index in [1.807, 2.05) is 5.43 Å². The van der Waals surface area contributed by atoms with E-state index in [4.69, 9.17) is 5.84 Å². The predicted molar refractivity (Wildman–Crippen MR) is 73.8 cm³/mol. The van der Waals surface area contributed by atoms with Gasteiger partial charge in [-0.05, 0) is 18.9 Å². The first-order chi connectivity index (χ1) is 10.6. The molecule has 1 fully saturated rings. The van der Waals surface area contributed by atoms with Crippen LogP contribution in [0.15, 0.2) is 24.7 Å². The summed E-state index contributed by atoms with van der Waals surface area (Å²) >= 11 is 0. The average Bonchev–Trinajstić information content (AvgIpc) is 3.38. The molecule has 1 saturated carbocycles. The number of hydrogen-bond donors (Lipinski definition) is 2. The van der Waals surface area contributed by atoms with Crippen LogP contribution in [-0.4, -0.2) is 20.9 Å². The molecule has 0 aromatic carbocycles. The Morgan fingerprint density at radius 3 is 2.45 bits per heavy atom. The zero-order valence-corrected chi connectivity index (χ0v) is 11.5. The minimum absolute atomic E-state index is 0.0466. The number of carbonyl (C=O) groups is 1. The molecule has 22 heavy (non-hydrogen) atoms. The Hall–Kier alpha value is -2.48. The number of nitrogen functional groups attached to an aromatic ring is 1. The van der Waals surface area contributed by atoms with Gasteiger partial charge in [0, 0.05) is 41.2 Å². The van der Waals surface area contributed by atoms with E-state index < -0.39 is 12.3 Å². The number of pyridine rings is 1. The number of aromatic nitrogens is 3. The van der Waals surface area contributed by atoms with Crippen molar-refractivity contribution in [1.82, 2.24) is 20.4 Å². The average molecular weight is 305 g/mol. The Balaban J connectivity index is 2.05. The normalized spacial score (nSPS) is 14.2. The van der Waals surface area contributed by atoms with E-state index in [0.29, 0.717) is 11.5 Å². The number of carbonyl (C=O) groups excluding carboxylic acids is 1. The monoisotopic (exact) mass is 305 g/mol. The van der Waals surface area contributed by atoms with E-state index in [1.54, 1.807) is 0 Å². The van der Waals surface area contributed by atoms with Gasteiger partial charge in [-0.1, -0.05) is 0 Å². The van der Waals surface area contributed by atoms with Crippen molar-refractivity contribution in [2.45, 2.75) is 25.2 Å². The molecule has 1 amide bonds. The number of nitrogens with zero attached hydrogens (tertiary/aromatic N) is 3. The van der Waals surface area contributed by atoms with Crippen molar-refractivity contribution in [2.75, 3.05) is 0 Å². The van der Waals surface area contributed by atoms with Crippen LogP contribution in [0.3, 0.4) is 0 Å². The first-order valence-electron chi connectivity index (χ1n) is 6.71. The highest BCUT2D eigenvalue weighted by molar-refractivity contribution is 5.98. The van der Waals surface area contributed by atoms with E-state index >= 15 is 0 Å². The molecule has 0 saturated heterocycles. The number of alkyl halides is 2. The van der Waals surface area contributed by atoms with Crippen molar-refractivity contribution in [3.8, 4) is 11.1 Å². The second-order valence-electron chi connectivity index (χ2n) is 5.04. The van der Waals surface area contributed by atoms with E-state index in [-0.39, 0.29) is 16.8 Å². The van der Waals surface area contributed by atoms with Crippen molar-refractivity contribution in [3.05, 3.63) is 41.7 Å². The maximum Gasteiger partial charge on any atom is 0.284 e. The van der Waals surface area contributed by atoms with E-state index in [2.05, 4.69) is 15.0 Å². The molecule has 0 atom stereocenters. The van der Waals surface area contributed by atoms with Gasteiger partial charge in [0.1, 0.15) is 11.5 Å². The lowest BCUT2D eigenvalue weighted by Crippen LogP contribution is -2.31. The number of nitrogens with two attached hydrogens (primary N) is 1. The summed E-state index contributed by atoms with van der Waals surface area (Å²) in [7, 11) is 0. The number of hydrogen-bond acceptors (Lipinski definition) is 5. The van der Waals surface area contributed by atoms with Crippen molar-refractivity contribution >= 4 is 5.91 Å². The highest BCUT2D eigenvalue weighted by Gasteiger charge is 2.26. The van der Waals surface area contributed by atoms with Crippen LogP contribution in [0.2, 0.25) is 0 Å². The van der Waals surface area contributed by atoms with Gasteiger partial charge < -0.3 is 0 Å². The molecule has 2 aromatic rings. The Morgan fingerprint density at radius 2 is 1.91 bits per heavy atom. The summed E-state index contributed by atoms with van der Waals surface area (Å²) in [4.78, 5) is 24.0. The molecular weight excluding hydrogens is 292 g/mol. The molecule has 3 N–H and O–H groups in total. The van der Waals surface area contributed by atoms with Gasteiger partial charge in [0.05, 0.1) is 0 Å². The Bertz CT molecular complexity index is 701. The molecule has 3 rings (SSSR count). The molecule has 0 bridgehead atoms. The van der Waals surface area contributed by atoms with E-state index in [9.17, 15) is 13.6 Å². The molecule has 0 unspecified atom stereocenters. The van der Waals surface area contributed by atoms with Crippen LogP contribution >= 0.6 is 0 Å². The van der Waals surface area contributed by atoms with Crippen LogP contribution in [0.5, 0.6) is 0 Å². The van der Waals surface area contributed by atoms with E-state index in [0.717, 1.165) is 24.9 Å². The van der Waals surface area contributed by atoms with Gasteiger partial charge in [-0.15, -0.1) is 0 Å². The number of halogens is 2. The van der Waals surface area contributed by atoms with Crippen molar-refractivity contribution in [3.63, 3.8) is 0 Å². The summed E-state index contributed by atoms with van der Waals surface area (Å²) in [5.41, 5.74) is 2.29. The Morgan fingerprint density at radius 1 is 1.23 bits per heavy atom. The molecule has 114 valence electrons. The summed E-state index contributed by atoms with van der Waals surface area (Å²) in [6, 6.07) is 1.21. The number of nitrogens with one attached hydrogen (secondary N) is 1. The molecule has 2 heterocycles. The molecule has 1 aliphatic rings. The number of rotatable bonds is 4. The fourth-order valence-corrected chi connectivity index (χ4v) is 2.10. The third kappa shape index (κ3) is 2.77. The summed E-state index contributed by atoms with van der Waals surface area (Å²) < 4.78 is 25.7. The molecule has 1 aliphatic carbocycles. The second kappa shape index (κ2) is 5.72. The number of hydrazine groups is 1. The third-order valence-corrected chi connectivity index (χ3v) is 3.43. The van der Waals surface area contributed by atoms with Gasteiger partial charge in [-0.25, -0.2) is 29.6 Å². The smallest absolute Gasteiger partial charge is 0.284 e. The SMILES string of the molecule is NNC(=O)c1ncc(C(F)F)cc1-c1cnc(C2CC2)nc1. The fourth-order valence-electron chi connectivity index (χ4n) is 2.10. The van der Waals surface area contributed by atoms with Crippen molar-refractivity contribution in [2.24, 2.45) is 5.84 Å². The van der Waals surface area contributed by atoms with Crippen molar-refractivity contribution < 1.29 is 13.6 Å². The molecule has 6 nitrogen and oxygen atoms in total. The van der Waals surface area contributed by atoms with Crippen LogP contribution in [-0.2, 0) is 0 Å². The minimum atomic E-state index is -2.69. The van der Waals surface area contributed by atoms with Gasteiger partial charge >= 0.3 is 0 Å². The zero-order chi connectivity index (χ0) is 15.7. The van der Waals surface area contributed by atoms with Crippen LogP contribution < -0.4 is 11.3 Å². The predicted octanol–water partition coefficient (Wildman–Crippen LogP) is 1.96. The van der Waals surface area contributed by atoms with Gasteiger partial charge in [0.25, 0.3) is 12.3 Å². The molecule has 0 spiro atoms. The second-order valence-corrected chi connectivity index (χ2v) is 5.04. The lowest BCUT2D eigenvalue weighted by atomic mass is 10.0. The lowest BCUT2D eigenvalue weighted by molar-refractivity contribution is 0.0948. The molecule has 2 aromatic heterocycles. The molecule has 0 radical (unpaired) electrons. The fraction of sp³-hybridized carbons (Fsp3) is 0.286. The molecule has 0 aliphatic heterocycles. The first kappa shape index (κ1) is 14.5. The third-order valence-electron chi connectivity index (χ3n) is 3.43. The van der Waals surface area contributed by atoms with Crippen LogP contribution in [0.4, 0.5) is 8.78 Å². The van der Waals surface area contributed by atoms with Gasteiger partial charge in [-0.3, -0.25) is 10.2 Å². The van der Waals surface area contributed by atoms with Crippen LogP contribution in [0, 0.1) is 0 Å². The molecular formula is C14H13F2N5O. The maximum absolute atomic E-state index is 12.9. The maximum atomic E-state index is 12.9. The first-order valence-corrected chi connectivity index (χ1v) is 6.71. The summed E-state index contributed by atoms with van der Waals surface area (Å²) in [6.45, 7) is 0.